The summed E-state index contributed by atoms with van der Waals surface area (Å²) in [7, 11) is 1.60. The molecule has 0 spiro atoms. The van der Waals surface area contributed by atoms with Gasteiger partial charge < -0.3 is 15.8 Å². The van der Waals surface area contributed by atoms with Crippen molar-refractivity contribution in [3.8, 4) is 5.88 Å². The molecule has 0 aliphatic rings. The van der Waals surface area contributed by atoms with Gasteiger partial charge in [0.05, 0.1) is 12.8 Å². The molecule has 1 rings (SSSR count). The topological polar surface area (TPSA) is 60.2 Å². The highest BCUT2D eigenvalue weighted by atomic mass is 32.2. The molecule has 1 heterocycles. The van der Waals surface area contributed by atoms with E-state index in [-0.39, 0.29) is 4.75 Å². The zero-order valence-corrected chi connectivity index (χ0v) is 12.4. The van der Waals surface area contributed by atoms with Crippen molar-refractivity contribution in [3.63, 3.8) is 0 Å². The Bertz CT molecular complexity index is 372. The molecule has 0 saturated heterocycles. The van der Waals surface area contributed by atoms with Gasteiger partial charge in [0.15, 0.2) is 5.82 Å². The van der Waals surface area contributed by atoms with Crippen molar-refractivity contribution in [1.82, 2.24) is 4.98 Å². The van der Waals surface area contributed by atoms with Crippen LogP contribution in [0.5, 0.6) is 5.88 Å². The van der Waals surface area contributed by atoms with Gasteiger partial charge in [-0.2, -0.15) is 16.7 Å². The molecule has 0 bridgehead atoms. The second kappa shape index (κ2) is 6.73. The third-order valence-electron chi connectivity index (χ3n) is 3.41. The number of nitrogen functional groups attached to an aromatic ring is 1. The number of pyridine rings is 1. The third-order valence-corrected chi connectivity index (χ3v) is 5.00. The monoisotopic (exact) mass is 269 g/mol. The van der Waals surface area contributed by atoms with E-state index < -0.39 is 0 Å². The van der Waals surface area contributed by atoms with Gasteiger partial charge in [-0.25, -0.2) is 0 Å². The van der Waals surface area contributed by atoms with Crippen LogP contribution in [0.4, 0.5) is 11.5 Å². The number of nitrogens with one attached hydrogen (secondary N) is 1. The molecule has 0 unspecified atom stereocenters. The predicted molar refractivity (Wildman–Crippen MR) is 80.5 cm³/mol. The molecule has 3 N–H and O–H groups in total. The fourth-order valence-electron chi connectivity index (χ4n) is 1.81. The molecule has 0 fully saturated rings. The lowest BCUT2D eigenvalue weighted by molar-refractivity contribution is 0.398. The van der Waals surface area contributed by atoms with Crippen LogP contribution in [-0.4, -0.2) is 29.6 Å². The van der Waals surface area contributed by atoms with Crippen LogP contribution in [-0.2, 0) is 0 Å². The highest BCUT2D eigenvalue weighted by Crippen LogP contribution is 2.31. The maximum atomic E-state index is 5.91. The van der Waals surface area contributed by atoms with Gasteiger partial charge in [0.25, 0.3) is 0 Å². The van der Waals surface area contributed by atoms with Crippen molar-refractivity contribution in [2.45, 2.75) is 31.4 Å². The molecule has 5 heteroatoms. The Labute approximate surface area is 114 Å². The highest BCUT2D eigenvalue weighted by molar-refractivity contribution is 8.00. The van der Waals surface area contributed by atoms with E-state index in [4.69, 9.17) is 10.5 Å². The number of thioether (sulfide) groups is 1. The van der Waals surface area contributed by atoms with E-state index in [0.29, 0.717) is 17.4 Å². The molecule has 0 aromatic carbocycles. The molecule has 1 aromatic rings. The van der Waals surface area contributed by atoms with Gasteiger partial charge in [-0.15, -0.1) is 0 Å². The van der Waals surface area contributed by atoms with Gasteiger partial charge in [0.1, 0.15) is 0 Å². The third kappa shape index (κ3) is 3.45. The van der Waals surface area contributed by atoms with Gasteiger partial charge >= 0.3 is 0 Å². The molecule has 0 atom stereocenters. The van der Waals surface area contributed by atoms with Gasteiger partial charge in [-0.05, 0) is 25.2 Å². The number of methoxy groups -OCH3 is 1. The Hall–Kier alpha value is -1.10. The van der Waals surface area contributed by atoms with Crippen molar-refractivity contribution in [2.24, 2.45) is 0 Å². The number of ether oxygens (including phenoxy) is 1. The van der Waals surface area contributed by atoms with Crippen molar-refractivity contribution in [1.29, 1.82) is 0 Å². The minimum absolute atomic E-state index is 0.233. The normalized spacial score (nSPS) is 11.3. The van der Waals surface area contributed by atoms with Crippen LogP contribution in [0.3, 0.4) is 0 Å². The minimum Gasteiger partial charge on any atom is -0.481 e. The first-order chi connectivity index (χ1) is 8.60. The lowest BCUT2D eigenvalue weighted by atomic mass is 10.0. The summed E-state index contributed by atoms with van der Waals surface area (Å²) >= 11 is 1.89. The Kier molecular flexibility index (Phi) is 5.59. The molecule has 0 radical (unpaired) electrons. The number of hydrogen-bond acceptors (Lipinski definition) is 5. The zero-order valence-electron chi connectivity index (χ0n) is 11.6. The maximum absolute atomic E-state index is 5.91. The SMILES string of the molecule is CCC(CC)(CNc1nc(OC)ccc1N)SC. The Morgan fingerprint density at radius 2 is 2.06 bits per heavy atom. The van der Waals surface area contributed by atoms with E-state index in [1.165, 1.54) is 0 Å². The number of nitrogens with zero attached hydrogens (tertiary/aromatic N) is 1. The fourth-order valence-corrected chi connectivity index (χ4v) is 2.61. The summed E-state index contributed by atoms with van der Waals surface area (Å²) in [5.41, 5.74) is 6.56. The van der Waals surface area contributed by atoms with Crippen molar-refractivity contribution >= 4 is 23.3 Å². The Morgan fingerprint density at radius 1 is 1.39 bits per heavy atom. The van der Waals surface area contributed by atoms with Crippen LogP contribution in [0.25, 0.3) is 0 Å². The van der Waals surface area contributed by atoms with Crippen LogP contribution >= 0.6 is 11.8 Å². The van der Waals surface area contributed by atoms with Gasteiger partial charge in [-0.3, -0.25) is 0 Å². The summed E-state index contributed by atoms with van der Waals surface area (Å²) in [5, 5.41) is 3.34. The number of rotatable bonds is 7. The van der Waals surface area contributed by atoms with Crippen molar-refractivity contribution in [3.05, 3.63) is 12.1 Å². The van der Waals surface area contributed by atoms with Crippen LogP contribution in [0.1, 0.15) is 26.7 Å². The summed E-state index contributed by atoms with van der Waals surface area (Å²) in [6.07, 6.45) is 4.38. The summed E-state index contributed by atoms with van der Waals surface area (Å²) < 4.78 is 5.34. The zero-order chi connectivity index (χ0) is 13.6. The number of aromatic nitrogens is 1. The lowest BCUT2D eigenvalue weighted by Gasteiger charge is -2.30. The smallest absolute Gasteiger partial charge is 0.215 e. The van der Waals surface area contributed by atoms with Crippen LogP contribution in [0.15, 0.2) is 12.1 Å². The van der Waals surface area contributed by atoms with E-state index in [2.05, 4.69) is 30.4 Å². The van der Waals surface area contributed by atoms with Gasteiger partial charge in [0, 0.05) is 17.4 Å². The highest BCUT2D eigenvalue weighted by Gasteiger charge is 2.24. The molecule has 102 valence electrons. The molecule has 18 heavy (non-hydrogen) atoms. The second-order valence-corrected chi connectivity index (χ2v) is 5.51. The van der Waals surface area contributed by atoms with E-state index in [1.807, 2.05) is 17.8 Å². The average molecular weight is 269 g/mol. The molecule has 4 nitrogen and oxygen atoms in total. The van der Waals surface area contributed by atoms with Crippen LogP contribution < -0.4 is 15.8 Å². The first kappa shape index (κ1) is 15.0. The minimum atomic E-state index is 0.233. The molecule has 0 amide bonds. The quantitative estimate of drug-likeness (QED) is 0.797. The van der Waals surface area contributed by atoms with E-state index in [9.17, 15) is 0 Å². The largest absolute Gasteiger partial charge is 0.481 e. The van der Waals surface area contributed by atoms with Crippen molar-refractivity contribution in [2.75, 3.05) is 31.0 Å². The number of anilines is 2. The lowest BCUT2D eigenvalue weighted by Crippen LogP contribution is -2.32. The summed E-state index contributed by atoms with van der Waals surface area (Å²) in [4.78, 5) is 4.33. The van der Waals surface area contributed by atoms with Gasteiger partial charge in [0.2, 0.25) is 5.88 Å². The Balaban J connectivity index is 2.78. The first-order valence-corrected chi connectivity index (χ1v) is 7.42. The van der Waals surface area contributed by atoms with E-state index in [1.54, 1.807) is 13.2 Å². The number of nitrogens with two attached hydrogens (primary N) is 1. The van der Waals surface area contributed by atoms with E-state index in [0.717, 1.165) is 19.4 Å². The molecule has 0 aliphatic heterocycles. The fraction of sp³-hybridized carbons (Fsp3) is 0.615. The van der Waals surface area contributed by atoms with E-state index >= 15 is 0 Å². The van der Waals surface area contributed by atoms with Gasteiger partial charge in [-0.1, -0.05) is 13.8 Å². The first-order valence-electron chi connectivity index (χ1n) is 6.20. The summed E-state index contributed by atoms with van der Waals surface area (Å²) in [6.45, 7) is 5.28. The summed E-state index contributed by atoms with van der Waals surface area (Å²) in [5.74, 6) is 1.28. The molecule has 0 saturated carbocycles. The molecular weight excluding hydrogens is 246 g/mol. The summed E-state index contributed by atoms with van der Waals surface area (Å²) in [6, 6.07) is 3.58. The average Bonchev–Trinajstić information content (AvgIpc) is 2.42. The number of hydrogen-bond donors (Lipinski definition) is 2. The van der Waals surface area contributed by atoms with Crippen LogP contribution in [0, 0.1) is 0 Å². The maximum Gasteiger partial charge on any atom is 0.215 e. The second-order valence-electron chi connectivity index (χ2n) is 4.24. The van der Waals surface area contributed by atoms with Crippen molar-refractivity contribution < 1.29 is 4.74 Å². The molecule has 1 aromatic heterocycles. The standard InChI is InChI=1S/C13H23N3OS/c1-5-13(6-2,18-4)9-15-12-10(14)7-8-11(16-12)17-3/h7-8H,5-6,9,14H2,1-4H3,(H,15,16). The van der Waals surface area contributed by atoms with Crippen LogP contribution in [0.2, 0.25) is 0 Å². The molecule has 0 aliphatic carbocycles. The molecular formula is C13H23N3OS. The predicted octanol–water partition coefficient (Wildman–Crippen LogP) is 3.01. The Morgan fingerprint density at radius 3 is 2.56 bits per heavy atom.